The van der Waals surface area contributed by atoms with Gasteiger partial charge in [0.25, 0.3) is 0 Å². The molecule has 0 aliphatic rings. The Morgan fingerprint density at radius 2 is 1.81 bits per heavy atom. The highest BCUT2D eigenvalue weighted by Gasteiger charge is 2.06. The van der Waals surface area contributed by atoms with E-state index in [-0.39, 0.29) is 6.04 Å². The molecule has 3 heteroatoms. The van der Waals surface area contributed by atoms with Crippen molar-refractivity contribution in [1.29, 1.82) is 0 Å². The lowest BCUT2D eigenvalue weighted by molar-refractivity contribution is 0.185. The van der Waals surface area contributed by atoms with Gasteiger partial charge in [0, 0.05) is 38.6 Å². The fraction of sp³-hybridized carbons (Fsp3) is 0.333. The van der Waals surface area contributed by atoms with Crippen LogP contribution in [0.5, 0.6) is 0 Å². The van der Waals surface area contributed by atoms with Crippen molar-refractivity contribution in [2.75, 3.05) is 31.4 Å². The van der Waals surface area contributed by atoms with Crippen molar-refractivity contribution in [1.82, 2.24) is 0 Å². The molecule has 0 aliphatic carbocycles. The molecule has 0 fully saturated rings. The van der Waals surface area contributed by atoms with Gasteiger partial charge >= 0.3 is 0 Å². The average molecular weight is 284 g/mol. The molecule has 3 nitrogen and oxygen atoms in total. The fourth-order valence-corrected chi connectivity index (χ4v) is 2.31. The third-order valence-electron chi connectivity index (χ3n) is 3.53. The van der Waals surface area contributed by atoms with Gasteiger partial charge in [0.05, 0.1) is 6.61 Å². The standard InChI is InChI=1S/C18H24N2O/c1-14(16-8-10-18(11-9-16)20(2)3)19-17-7-5-6-15(12-17)13-21-4/h5-12,14,19H,13H2,1-4H3. The summed E-state index contributed by atoms with van der Waals surface area (Å²) in [4.78, 5) is 2.11. The summed E-state index contributed by atoms with van der Waals surface area (Å²) >= 11 is 0. The molecule has 1 N–H and O–H groups in total. The van der Waals surface area contributed by atoms with E-state index < -0.39 is 0 Å². The third kappa shape index (κ3) is 4.23. The highest BCUT2D eigenvalue weighted by Crippen LogP contribution is 2.22. The van der Waals surface area contributed by atoms with Crippen LogP contribution in [0.1, 0.15) is 24.1 Å². The van der Waals surface area contributed by atoms with E-state index in [9.17, 15) is 0 Å². The molecule has 0 radical (unpaired) electrons. The van der Waals surface area contributed by atoms with E-state index in [0.29, 0.717) is 6.61 Å². The lowest BCUT2D eigenvalue weighted by Crippen LogP contribution is -2.10. The van der Waals surface area contributed by atoms with Crippen molar-refractivity contribution in [3.63, 3.8) is 0 Å². The molecule has 21 heavy (non-hydrogen) atoms. The second-order valence-corrected chi connectivity index (χ2v) is 5.49. The lowest BCUT2D eigenvalue weighted by Gasteiger charge is -2.18. The van der Waals surface area contributed by atoms with Crippen LogP contribution in [0.3, 0.4) is 0 Å². The van der Waals surface area contributed by atoms with Gasteiger partial charge in [-0.1, -0.05) is 24.3 Å². The number of hydrogen-bond donors (Lipinski definition) is 1. The van der Waals surface area contributed by atoms with E-state index in [4.69, 9.17) is 4.74 Å². The van der Waals surface area contributed by atoms with Crippen molar-refractivity contribution in [2.45, 2.75) is 19.6 Å². The number of benzene rings is 2. The van der Waals surface area contributed by atoms with Gasteiger partial charge in [-0.3, -0.25) is 0 Å². The first-order valence-electron chi connectivity index (χ1n) is 7.22. The minimum Gasteiger partial charge on any atom is -0.380 e. The van der Waals surface area contributed by atoms with Crippen molar-refractivity contribution in [2.24, 2.45) is 0 Å². The number of ether oxygens (including phenoxy) is 1. The van der Waals surface area contributed by atoms with E-state index in [1.165, 1.54) is 16.8 Å². The third-order valence-corrected chi connectivity index (χ3v) is 3.53. The number of hydrogen-bond acceptors (Lipinski definition) is 3. The Hall–Kier alpha value is -2.00. The summed E-state index contributed by atoms with van der Waals surface area (Å²) in [6.45, 7) is 2.81. The molecular formula is C18H24N2O. The Bertz CT molecular complexity index is 564. The fourth-order valence-electron chi connectivity index (χ4n) is 2.31. The molecule has 2 aromatic carbocycles. The number of nitrogens with one attached hydrogen (secondary N) is 1. The van der Waals surface area contributed by atoms with Crippen LogP contribution >= 0.6 is 0 Å². The second kappa shape index (κ2) is 7.14. The Morgan fingerprint density at radius 3 is 2.43 bits per heavy atom. The topological polar surface area (TPSA) is 24.5 Å². The zero-order valence-electron chi connectivity index (χ0n) is 13.3. The maximum atomic E-state index is 5.18. The first-order valence-corrected chi connectivity index (χ1v) is 7.22. The summed E-state index contributed by atoms with van der Waals surface area (Å²) in [5, 5.41) is 3.54. The summed E-state index contributed by atoms with van der Waals surface area (Å²) < 4.78 is 5.18. The SMILES string of the molecule is COCc1cccc(NC(C)c2ccc(N(C)C)cc2)c1. The van der Waals surface area contributed by atoms with E-state index in [2.05, 4.69) is 79.8 Å². The molecule has 0 amide bonds. The largest absolute Gasteiger partial charge is 0.380 e. The van der Waals surface area contributed by atoms with E-state index in [0.717, 1.165) is 5.69 Å². The summed E-state index contributed by atoms with van der Waals surface area (Å²) in [7, 11) is 5.82. The van der Waals surface area contributed by atoms with E-state index in [1.54, 1.807) is 7.11 Å². The molecule has 0 aliphatic heterocycles. The number of nitrogens with zero attached hydrogens (tertiary/aromatic N) is 1. The van der Waals surface area contributed by atoms with Gasteiger partial charge in [-0.2, -0.15) is 0 Å². The van der Waals surface area contributed by atoms with Crippen LogP contribution in [-0.2, 0) is 11.3 Å². The molecule has 0 heterocycles. The molecule has 0 saturated carbocycles. The second-order valence-electron chi connectivity index (χ2n) is 5.49. The van der Waals surface area contributed by atoms with Gasteiger partial charge in [-0.25, -0.2) is 0 Å². The quantitative estimate of drug-likeness (QED) is 0.865. The summed E-state index contributed by atoms with van der Waals surface area (Å²) in [5.74, 6) is 0. The van der Waals surface area contributed by atoms with Gasteiger partial charge in [0.1, 0.15) is 0 Å². The minimum atomic E-state index is 0.263. The highest BCUT2D eigenvalue weighted by molar-refractivity contribution is 5.50. The Morgan fingerprint density at radius 1 is 1.10 bits per heavy atom. The van der Waals surface area contributed by atoms with Crippen LogP contribution < -0.4 is 10.2 Å². The monoisotopic (exact) mass is 284 g/mol. The minimum absolute atomic E-state index is 0.263. The first kappa shape index (κ1) is 15.4. The van der Waals surface area contributed by atoms with Crippen LogP contribution in [0.15, 0.2) is 48.5 Å². The Balaban J connectivity index is 2.06. The predicted octanol–water partition coefficient (Wildman–Crippen LogP) is 4.07. The van der Waals surface area contributed by atoms with Crippen LogP contribution in [0.4, 0.5) is 11.4 Å². The first-order chi connectivity index (χ1) is 10.1. The van der Waals surface area contributed by atoms with Crippen LogP contribution in [0.2, 0.25) is 0 Å². The van der Waals surface area contributed by atoms with Crippen molar-refractivity contribution in [3.8, 4) is 0 Å². The molecule has 1 unspecified atom stereocenters. The van der Waals surface area contributed by atoms with E-state index in [1.807, 2.05) is 0 Å². The molecule has 2 aromatic rings. The van der Waals surface area contributed by atoms with Gasteiger partial charge in [0.2, 0.25) is 0 Å². The number of anilines is 2. The molecule has 2 rings (SSSR count). The summed E-state index contributed by atoms with van der Waals surface area (Å²) in [6.07, 6.45) is 0. The van der Waals surface area contributed by atoms with Crippen molar-refractivity contribution in [3.05, 3.63) is 59.7 Å². The van der Waals surface area contributed by atoms with Gasteiger partial charge < -0.3 is 15.0 Å². The number of rotatable bonds is 6. The smallest absolute Gasteiger partial charge is 0.0713 e. The molecule has 1 atom stereocenters. The molecule has 112 valence electrons. The van der Waals surface area contributed by atoms with Gasteiger partial charge in [0.15, 0.2) is 0 Å². The van der Waals surface area contributed by atoms with Crippen LogP contribution in [0.25, 0.3) is 0 Å². The molecule has 0 aromatic heterocycles. The predicted molar refractivity (Wildman–Crippen MR) is 90.0 cm³/mol. The molecule has 0 saturated heterocycles. The van der Waals surface area contributed by atoms with Gasteiger partial charge in [-0.15, -0.1) is 0 Å². The maximum Gasteiger partial charge on any atom is 0.0713 e. The summed E-state index contributed by atoms with van der Waals surface area (Å²) in [5.41, 5.74) is 4.79. The zero-order valence-corrected chi connectivity index (χ0v) is 13.3. The van der Waals surface area contributed by atoms with Crippen LogP contribution in [0, 0.1) is 0 Å². The normalized spacial score (nSPS) is 12.0. The summed E-state index contributed by atoms with van der Waals surface area (Å²) in [6, 6.07) is 17.3. The van der Waals surface area contributed by atoms with Crippen molar-refractivity contribution >= 4 is 11.4 Å². The molecular weight excluding hydrogens is 260 g/mol. The van der Waals surface area contributed by atoms with Crippen LogP contribution in [-0.4, -0.2) is 21.2 Å². The molecule has 0 bridgehead atoms. The Kier molecular flexibility index (Phi) is 5.23. The molecule has 0 spiro atoms. The Labute approximate surface area is 127 Å². The lowest BCUT2D eigenvalue weighted by atomic mass is 10.1. The highest BCUT2D eigenvalue weighted by atomic mass is 16.5. The average Bonchev–Trinajstić information content (AvgIpc) is 2.48. The maximum absolute atomic E-state index is 5.18. The zero-order chi connectivity index (χ0) is 15.2. The van der Waals surface area contributed by atoms with Crippen molar-refractivity contribution < 1.29 is 4.74 Å². The van der Waals surface area contributed by atoms with Gasteiger partial charge in [-0.05, 0) is 42.3 Å². The number of methoxy groups -OCH3 is 1. The van der Waals surface area contributed by atoms with E-state index >= 15 is 0 Å².